The van der Waals surface area contributed by atoms with E-state index in [0.717, 1.165) is 16.7 Å². The van der Waals surface area contributed by atoms with Crippen molar-refractivity contribution in [1.29, 1.82) is 0 Å². The van der Waals surface area contributed by atoms with Crippen LogP contribution in [0.5, 0.6) is 5.75 Å². The lowest BCUT2D eigenvalue weighted by atomic mass is 9.98. The number of alkyl carbamates (subject to hydrolysis) is 1. The summed E-state index contributed by atoms with van der Waals surface area (Å²) in [5.74, 6) is 0.0152. The van der Waals surface area contributed by atoms with Crippen LogP contribution in [-0.2, 0) is 11.2 Å². The van der Waals surface area contributed by atoms with Crippen molar-refractivity contribution < 1.29 is 19.1 Å². The van der Waals surface area contributed by atoms with E-state index in [1.807, 2.05) is 31.2 Å². The zero-order valence-corrected chi connectivity index (χ0v) is 18.1. The first-order valence-electron chi connectivity index (χ1n) is 10.9. The first-order chi connectivity index (χ1) is 16.0. The third kappa shape index (κ3) is 4.07. The number of phenolic OH excluding ortho intramolecular Hbond substituents is 1. The van der Waals surface area contributed by atoms with Gasteiger partial charge in [-0.1, -0.05) is 48.5 Å². The van der Waals surface area contributed by atoms with Gasteiger partial charge in [0.15, 0.2) is 0 Å². The van der Waals surface area contributed by atoms with E-state index >= 15 is 0 Å². The minimum atomic E-state index is -0.505. The average molecular weight is 441 g/mol. The molecule has 0 fully saturated rings. The quantitative estimate of drug-likeness (QED) is 0.427. The molecule has 166 valence electrons. The summed E-state index contributed by atoms with van der Waals surface area (Å²) in [4.78, 5) is 24.5. The minimum absolute atomic E-state index is 0.00571. The second-order valence-corrected chi connectivity index (χ2v) is 8.35. The molecule has 1 aromatic heterocycles. The van der Waals surface area contributed by atoms with Gasteiger partial charge in [-0.25, -0.2) is 9.59 Å². The van der Waals surface area contributed by atoms with E-state index < -0.39 is 11.7 Å². The van der Waals surface area contributed by atoms with Crippen LogP contribution in [0.4, 0.5) is 4.79 Å². The molecule has 1 atom stereocenters. The molecular weight excluding hydrogens is 418 g/mol. The number of hydrogen-bond acceptors (Lipinski definition) is 5. The normalized spacial score (nSPS) is 13.4. The van der Waals surface area contributed by atoms with Crippen LogP contribution in [-0.4, -0.2) is 23.8 Å². The molecule has 1 heterocycles. The SMILES string of the molecule is C[C@H](Cc1cc(=O)oc2cc(O)ccc12)NC(=O)OCC1c2ccccc2-c2ccccc21. The fraction of sp³-hybridized carbons (Fsp3) is 0.185. The number of aromatic hydroxyl groups is 1. The monoisotopic (exact) mass is 441 g/mol. The Bertz CT molecular complexity index is 1360. The van der Waals surface area contributed by atoms with Gasteiger partial charge in [0.05, 0.1) is 0 Å². The Balaban J connectivity index is 1.26. The molecule has 2 N–H and O–H groups in total. The molecule has 0 radical (unpaired) electrons. The first-order valence-corrected chi connectivity index (χ1v) is 10.9. The van der Waals surface area contributed by atoms with Gasteiger partial charge in [0.1, 0.15) is 17.9 Å². The Labute approximate surface area is 190 Å². The van der Waals surface area contributed by atoms with Crippen LogP contribution in [0.25, 0.3) is 22.1 Å². The molecule has 0 unspecified atom stereocenters. The molecule has 0 saturated carbocycles. The van der Waals surface area contributed by atoms with Crippen LogP contribution in [0.2, 0.25) is 0 Å². The van der Waals surface area contributed by atoms with Crippen LogP contribution < -0.4 is 10.9 Å². The van der Waals surface area contributed by atoms with Gasteiger partial charge in [0, 0.05) is 29.5 Å². The van der Waals surface area contributed by atoms with Crippen molar-refractivity contribution in [1.82, 2.24) is 5.32 Å². The van der Waals surface area contributed by atoms with E-state index in [0.29, 0.717) is 17.4 Å². The van der Waals surface area contributed by atoms with Gasteiger partial charge < -0.3 is 19.6 Å². The van der Waals surface area contributed by atoms with Gasteiger partial charge in [0.2, 0.25) is 0 Å². The zero-order chi connectivity index (χ0) is 22.9. The Hall–Kier alpha value is -4.06. The molecule has 1 amide bonds. The van der Waals surface area contributed by atoms with Crippen molar-refractivity contribution in [2.24, 2.45) is 0 Å². The van der Waals surface area contributed by atoms with E-state index in [2.05, 4.69) is 29.6 Å². The molecule has 0 bridgehead atoms. The van der Waals surface area contributed by atoms with Crippen LogP contribution in [0.3, 0.4) is 0 Å². The maximum absolute atomic E-state index is 12.6. The van der Waals surface area contributed by atoms with Gasteiger partial charge in [-0.3, -0.25) is 0 Å². The molecule has 1 aliphatic rings. The van der Waals surface area contributed by atoms with Crippen molar-refractivity contribution in [2.75, 3.05) is 6.61 Å². The molecule has 5 rings (SSSR count). The van der Waals surface area contributed by atoms with Crippen molar-refractivity contribution in [3.63, 3.8) is 0 Å². The predicted molar refractivity (Wildman–Crippen MR) is 126 cm³/mol. The summed E-state index contributed by atoms with van der Waals surface area (Å²) < 4.78 is 10.8. The van der Waals surface area contributed by atoms with E-state index in [4.69, 9.17) is 9.15 Å². The Morgan fingerprint density at radius 2 is 1.70 bits per heavy atom. The van der Waals surface area contributed by atoms with Crippen molar-refractivity contribution in [3.8, 4) is 16.9 Å². The fourth-order valence-electron chi connectivity index (χ4n) is 4.61. The third-order valence-electron chi connectivity index (χ3n) is 6.05. The molecule has 3 aromatic carbocycles. The molecule has 6 heteroatoms. The highest BCUT2D eigenvalue weighted by Crippen LogP contribution is 2.44. The maximum Gasteiger partial charge on any atom is 0.407 e. The number of carbonyl (C=O) groups excluding carboxylic acids is 1. The molecule has 6 nitrogen and oxygen atoms in total. The highest BCUT2D eigenvalue weighted by molar-refractivity contribution is 5.82. The maximum atomic E-state index is 12.6. The molecule has 0 saturated heterocycles. The lowest BCUT2D eigenvalue weighted by molar-refractivity contribution is 0.139. The topological polar surface area (TPSA) is 88.8 Å². The number of phenols is 1. The average Bonchev–Trinajstić information content (AvgIpc) is 3.11. The molecule has 4 aromatic rings. The molecule has 0 aliphatic heterocycles. The summed E-state index contributed by atoms with van der Waals surface area (Å²) in [7, 11) is 0. The standard InChI is InChI=1S/C27H23NO5/c1-16(12-17-13-26(30)33-25-14-18(29)10-11-19(17)25)28-27(31)32-15-24-22-8-4-2-6-20(22)21-7-3-5-9-23(21)24/h2-11,13-14,16,24,29H,12,15H2,1H3,(H,28,31)/t16-/m1/s1. The van der Waals surface area contributed by atoms with Gasteiger partial charge in [0.25, 0.3) is 0 Å². The first kappa shape index (κ1) is 20.8. The van der Waals surface area contributed by atoms with Gasteiger partial charge >= 0.3 is 11.7 Å². The van der Waals surface area contributed by atoms with Crippen molar-refractivity contribution >= 4 is 17.1 Å². The number of hydrogen-bond donors (Lipinski definition) is 2. The smallest absolute Gasteiger partial charge is 0.407 e. The Kier molecular flexibility index (Phi) is 5.34. The van der Waals surface area contributed by atoms with Crippen LogP contribution in [0, 0.1) is 0 Å². The van der Waals surface area contributed by atoms with Crippen LogP contribution in [0.15, 0.2) is 82.0 Å². The van der Waals surface area contributed by atoms with E-state index in [1.165, 1.54) is 29.3 Å². The molecule has 0 spiro atoms. The highest BCUT2D eigenvalue weighted by atomic mass is 16.5. The number of amides is 1. The predicted octanol–water partition coefficient (Wildman–Crippen LogP) is 4.97. The summed E-state index contributed by atoms with van der Waals surface area (Å²) in [6, 6.07) is 22.2. The highest BCUT2D eigenvalue weighted by Gasteiger charge is 2.29. The number of nitrogens with one attached hydrogen (secondary N) is 1. The van der Waals surface area contributed by atoms with Gasteiger partial charge in [-0.05, 0) is 53.3 Å². The summed E-state index contributed by atoms with van der Waals surface area (Å²) in [6.45, 7) is 2.09. The number of benzene rings is 3. The fourth-order valence-corrected chi connectivity index (χ4v) is 4.61. The summed E-state index contributed by atoms with van der Waals surface area (Å²) in [6.07, 6.45) is -0.0915. The lowest BCUT2D eigenvalue weighted by Gasteiger charge is -2.17. The Morgan fingerprint density at radius 3 is 2.39 bits per heavy atom. The van der Waals surface area contributed by atoms with Crippen molar-refractivity contribution in [2.45, 2.75) is 25.3 Å². The largest absolute Gasteiger partial charge is 0.508 e. The lowest BCUT2D eigenvalue weighted by Crippen LogP contribution is -2.35. The summed E-state index contributed by atoms with van der Waals surface area (Å²) in [5.41, 5.74) is 5.21. The van der Waals surface area contributed by atoms with Gasteiger partial charge in [-0.15, -0.1) is 0 Å². The number of carbonyl (C=O) groups is 1. The van der Waals surface area contributed by atoms with Crippen LogP contribution >= 0.6 is 0 Å². The van der Waals surface area contributed by atoms with E-state index in [9.17, 15) is 14.7 Å². The zero-order valence-electron chi connectivity index (χ0n) is 18.1. The summed E-state index contributed by atoms with van der Waals surface area (Å²) in [5, 5.41) is 13.2. The van der Waals surface area contributed by atoms with Crippen molar-refractivity contribution in [3.05, 3.63) is 99.9 Å². The Morgan fingerprint density at radius 1 is 1.03 bits per heavy atom. The third-order valence-corrected chi connectivity index (χ3v) is 6.05. The molecule has 1 aliphatic carbocycles. The second kappa shape index (κ2) is 8.47. The number of rotatable bonds is 5. The van der Waals surface area contributed by atoms with Gasteiger partial charge in [-0.2, -0.15) is 0 Å². The summed E-state index contributed by atoms with van der Waals surface area (Å²) >= 11 is 0. The molecule has 33 heavy (non-hydrogen) atoms. The second-order valence-electron chi connectivity index (χ2n) is 8.35. The van der Waals surface area contributed by atoms with E-state index in [-0.39, 0.29) is 24.3 Å². The minimum Gasteiger partial charge on any atom is -0.508 e. The molecular formula is C27H23NO5. The van der Waals surface area contributed by atoms with Crippen LogP contribution in [0.1, 0.15) is 29.5 Å². The number of ether oxygens (including phenoxy) is 1. The van der Waals surface area contributed by atoms with E-state index in [1.54, 1.807) is 6.07 Å². The number of fused-ring (bicyclic) bond motifs is 4.